The van der Waals surface area contributed by atoms with Crippen LogP contribution >= 0.6 is 0 Å². The lowest BCUT2D eigenvalue weighted by molar-refractivity contribution is -0.122. The molecule has 1 amide bonds. The normalized spacial score (nSPS) is 12.3. The number of ether oxygens (including phenoxy) is 1. The van der Waals surface area contributed by atoms with Crippen LogP contribution in [-0.2, 0) is 14.8 Å². The predicted octanol–water partition coefficient (Wildman–Crippen LogP) is 2.49. The van der Waals surface area contributed by atoms with Gasteiger partial charge in [0.25, 0.3) is 5.91 Å². The fourth-order valence-corrected chi connectivity index (χ4v) is 2.45. The van der Waals surface area contributed by atoms with E-state index in [2.05, 4.69) is 5.32 Å². The first-order valence-corrected chi connectivity index (χ1v) is 9.19. The Balaban J connectivity index is 1.99. The van der Waals surface area contributed by atoms with Gasteiger partial charge in [0, 0.05) is 12.7 Å². The van der Waals surface area contributed by atoms with Gasteiger partial charge in [0.2, 0.25) is 10.0 Å². The van der Waals surface area contributed by atoms with Crippen LogP contribution in [0.25, 0.3) is 0 Å². The highest BCUT2D eigenvalue weighted by Gasteiger charge is 2.16. The summed E-state index contributed by atoms with van der Waals surface area (Å²) in [5.41, 5.74) is 1.22. The van der Waals surface area contributed by atoms with Crippen molar-refractivity contribution < 1.29 is 17.9 Å². The molecule has 128 valence electrons. The molecule has 2 aromatic rings. The Bertz CT molecular complexity index is 789. The molecular weight excluding hydrogens is 328 g/mol. The second-order valence-electron chi connectivity index (χ2n) is 5.34. The van der Waals surface area contributed by atoms with E-state index in [1.54, 1.807) is 43.3 Å². The largest absolute Gasteiger partial charge is 0.481 e. The van der Waals surface area contributed by atoms with E-state index in [-0.39, 0.29) is 5.91 Å². The van der Waals surface area contributed by atoms with Gasteiger partial charge in [0.05, 0.1) is 11.9 Å². The third kappa shape index (κ3) is 4.73. The molecule has 0 bridgehead atoms. The van der Waals surface area contributed by atoms with Gasteiger partial charge in [0.1, 0.15) is 5.75 Å². The number of nitrogens with one attached hydrogen (secondary N) is 1. The van der Waals surface area contributed by atoms with Gasteiger partial charge in [-0.25, -0.2) is 8.42 Å². The predicted molar refractivity (Wildman–Crippen MR) is 94.9 cm³/mol. The third-order valence-corrected chi connectivity index (χ3v) is 4.63. The van der Waals surface area contributed by atoms with Gasteiger partial charge in [-0.2, -0.15) is 0 Å². The molecule has 0 spiro atoms. The Hall–Kier alpha value is -2.54. The molecule has 0 saturated carbocycles. The Labute approximate surface area is 142 Å². The maximum Gasteiger partial charge on any atom is 0.265 e. The van der Waals surface area contributed by atoms with Crippen molar-refractivity contribution in [3.63, 3.8) is 0 Å². The van der Waals surface area contributed by atoms with Gasteiger partial charge >= 0.3 is 0 Å². The van der Waals surface area contributed by atoms with E-state index in [0.717, 1.165) is 6.26 Å². The van der Waals surface area contributed by atoms with Crippen LogP contribution in [0.5, 0.6) is 5.75 Å². The molecule has 0 saturated heterocycles. The lowest BCUT2D eigenvalue weighted by atomic mass is 10.3. The first-order valence-electron chi connectivity index (χ1n) is 7.34. The van der Waals surface area contributed by atoms with E-state index in [4.69, 9.17) is 4.74 Å². The van der Waals surface area contributed by atoms with Crippen molar-refractivity contribution >= 4 is 27.3 Å². The van der Waals surface area contributed by atoms with Gasteiger partial charge in [0.15, 0.2) is 6.10 Å². The number of rotatable bonds is 6. The van der Waals surface area contributed by atoms with Crippen molar-refractivity contribution in [2.75, 3.05) is 22.9 Å². The topological polar surface area (TPSA) is 75.7 Å². The monoisotopic (exact) mass is 348 g/mol. The number of amides is 1. The minimum Gasteiger partial charge on any atom is -0.481 e. The van der Waals surface area contributed by atoms with Crippen LogP contribution in [0, 0.1) is 0 Å². The van der Waals surface area contributed by atoms with E-state index < -0.39 is 16.1 Å². The van der Waals surface area contributed by atoms with Crippen LogP contribution in [0.3, 0.4) is 0 Å². The lowest BCUT2D eigenvalue weighted by Gasteiger charge is -2.18. The molecular formula is C17H20N2O4S. The van der Waals surface area contributed by atoms with E-state index in [9.17, 15) is 13.2 Å². The first-order chi connectivity index (χ1) is 11.3. The van der Waals surface area contributed by atoms with Gasteiger partial charge in [-0.3, -0.25) is 9.10 Å². The van der Waals surface area contributed by atoms with Crippen molar-refractivity contribution in [3.8, 4) is 5.75 Å². The van der Waals surface area contributed by atoms with Crippen molar-refractivity contribution in [1.29, 1.82) is 0 Å². The highest BCUT2D eigenvalue weighted by atomic mass is 32.2. The fraction of sp³-hybridized carbons (Fsp3) is 0.235. The second-order valence-corrected chi connectivity index (χ2v) is 7.35. The average molecular weight is 348 g/mol. The number of hydrogen-bond donors (Lipinski definition) is 1. The summed E-state index contributed by atoms with van der Waals surface area (Å²) in [6.45, 7) is 1.65. The minimum absolute atomic E-state index is 0.265. The van der Waals surface area contributed by atoms with Crippen LogP contribution in [0.2, 0.25) is 0 Å². The maximum atomic E-state index is 12.1. The zero-order valence-corrected chi connectivity index (χ0v) is 14.6. The summed E-state index contributed by atoms with van der Waals surface area (Å²) in [7, 11) is -1.84. The van der Waals surface area contributed by atoms with E-state index in [0.29, 0.717) is 17.1 Å². The lowest BCUT2D eigenvalue weighted by Crippen LogP contribution is -2.30. The van der Waals surface area contributed by atoms with Crippen LogP contribution in [0.4, 0.5) is 11.4 Å². The van der Waals surface area contributed by atoms with Crippen molar-refractivity contribution in [1.82, 2.24) is 0 Å². The molecule has 1 atom stereocenters. The number of anilines is 2. The molecule has 2 rings (SSSR count). The SMILES string of the molecule is CC(Oc1ccc(N(C)S(C)(=O)=O)cc1)C(=O)Nc1ccccc1. The standard InChI is InChI=1S/C17H20N2O4S/c1-13(17(20)18-14-7-5-4-6-8-14)23-16-11-9-15(10-12-16)19(2)24(3,21)22/h4-13H,1-3H3,(H,18,20). The summed E-state index contributed by atoms with van der Waals surface area (Å²) in [5.74, 6) is 0.217. The average Bonchev–Trinajstić information content (AvgIpc) is 2.55. The molecule has 24 heavy (non-hydrogen) atoms. The second kappa shape index (κ2) is 7.35. The van der Waals surface area contributed by atoms with Gasteiger partial charge in [-0.05, 0) is 43.3 Å². The number of benzene rings is 2. The molecule has 0 aliphatic heterocycles. The number of carbonyl (C=O) groups is 1. The first kappa shape index (κ1) is 17.8. The molecule has 2 aromatic carbocycles. The maximum absolute atomic E-state index is 12.1. The summed E-state index contributed by atoms with van der Waals surface area (Å²) in [5, 5.41) is 2.76. The molecule has 0 fully saturated rings. The molecule has 0 aliphatic rings. The summed E-state index contributed by atoms with van der Waals surface area (Å²) in [6.07, 6.45) is 0.441. The summed E-state index contributed by atoms with van der Waals surface area (Å²) in [4.78, 5) is 12.1. The van der Waals surface area contributed by atoms with E-state index in [1.807, 2.05) is 18.2 Å². The molecule has 0 aliphatic carbocycles. The van der Waals surface area contributed by atoms with Crippen molar-refractivity contribution in [3.05, 3.63) is 54.6 Å². The van der Waals surface area contributed by atoms with E-state index >= 15 is 0 Å². The highest BCUT2D eigenvalue weighted by Crippen LogP contribution is 2.21. The van der Waals surface area contributed by atoms with Crippen molar-refractivity contribution in [2.24, 2.45) is 0 Å². The summed E-state index contributed by atoms with van der Waals surface area (Å²) in [6, 6.07) is 15.6. The number of nitrogens with zero attached hydrogens (tertiary/aromatic N) is 1. The number of hydrogen-bond acceptors (Lipinski definition) is 4. The fourth-order valence-electron chi connectivity index (χ4n) is 1.95. The Morgan fingerprint density at radius 3 is 2.21 bits per heavy atom. The highest BCUT2D eigenvalue weighted by molar-refractivity contribution is 7.92. The Morgan fingerprint density at radius 1 is 1.08 bits per heavy atom. The quantitative estimate of drug-likeness (QED) is 0.870. The van der Waals surface area contributed by atoms with Gasteiger partial charge < -0.3 is 10.1 Å². The van der Waals surface area contributed by atoms with Crippen molar-refractivity contribution in [2.45, 2.75) is 13.0 Å². The molecule has 6 nitrogen and oxygen atoms in total. The number of para-hydroxylation sites is 1. The molecule has 7 heteroatoms. The van der Waals surface area contributed by atoms with Gasteiger partial charge in [-0.1, -0.05) is 18.2 Å². The molecule has 0 heterocycles. The Morgan fingerprint density at radius 2 is 1.67 bits per heavy atom. The van der Waals surface area contributed by atoms with Crippen LogP contribution in [0.15, 0.2) is 54.6 Å². The minimum atomic E-state index is -3.31. The number of carbonyl (C=O) groups excluding carboxylic acids is 1. The van der Waals surface area contributed by atoms with E-state index in [1.165, 1.54) is 11.4 Å². The van der Waals surface area contributed by atoms with Crippen LogP contribution in [-0.4, -0.2) is 33.7 Å². The zero-order valence-electron chi connectivity index (χ0n) is 13.8. The smallest absolute Gasteiger partial charge is 0.265 e. The molecule has 1 unspecified atom stereocenters. The molecule has 0 radical (unpaired) electrons. The van der Waals surface area contributed by atoms with Gasteiger partial charge in [-0.15, -0.1) is 0 Å². The van der Waals surface area contributed by atoms with Crippen LogP contribution < -0.4 is 14.4 Å². The summed E-state index contributed by atoms with van der Waals surface area (Å²) < 4.78 is 29.8. The van der Waals surface area contributed by atoms with Crippen LogP contribution in [0.1, 0.15) is 6.92 Å². The molecule has 1 N–H and O–H groups in total. The molecule has 0 aromatic heterocycles. The zero-order chi connectivity index (χ0) is 17.7. The third-order valence-electron chi connectivity index (χ3n) is 3.42. The number of sulfonamides is 1. The summed E-state index contributed by atoms with van der Waals surface area (Å²) >= 11 is 0. The Kier molecular flexibility index (Phi) is 5.46.